The molecule has 0 saturated carbocycles. The second-order valence-corrected chi connectivity index (χ2v) is 5.66. The molecule has 1 aliphatic heterocycles. The Labute approximate surface area is 136 Å². The van der Waals surface area contributed by atoms with Crippen molar-refractivity contribution in [3.63, 3.8) is 0 Å². The van der Waals surface area contributed by atoms with Crippen molar-refractivity contribution < 1.29 is 4.74 Å². The second-order valence-electron chi connectivity index (χ2n) is 5.66. The Hall–Kier alpha value is -2.42. The van der Waals surface area contributed by atoms with Gasteiger partial charge in [0.15, 0.2) is 0 Å². The molecule has 0 spiro atoms. The summed E-state index contributed by atoms with van der Waals surface area (Å²) < 4.78 is 6.01. The number of benzene rings is 1. The molecule has 1 saturated heterocycles. The number of nitrogens with one attached hydrogen (secondary N) is 1. The van der Waals surface area contributed by atoms with Crippen LogP contribution in [0.15, 0.2) is 48.8 Å². The molecule has 0 unspecified atom stereocenters. The quantitative estimate of drug-likeness (QED) is 0.940. The van der Waals surface area contributed by atoms with Crippen LogP contribution in [0.1, 0.15) is 17.2 Å². The third-order valence-electron chi connectivity index (χ3n) is 4.18. The molecule has 0 amide bonds. The van der Waals surface area contributed by atoms with E-state index in [4.69, 9.17) is 10.00 Å². The summed E-state index contributed by atoms with van der Waals surface area (Å²) in [6.45, 7) is 2.27. The normalized spacial score (nSPS) is 21.6. The van der Waals surface area contributed by atoms with Gasteiger partial charge in [0.05, 0.1) is 30.0 Å². The van der Waals surface area contributed by atoms with Crippen molar-refractivity contribution in [2.75, 3.05) is 32.1 Å². The minimum atomic E-state index is 0.0239. The number of morpholine rings is 1. The van der Waals surface area contributed by atoms with E-state index in [9.17, 15) is 0 Å². The molecular formula is C18H20N4O. The molecule has 3 rings (SSSR count). The Morgan fingerprint density at radius 1 is 1.35 bits per heavy atom. The summed E-state index contributed by atoms with van der Waals surface area (Å²) in [5.41, 5.74) is 2.59. The number of ether oxygens (including phenoxy) is 1. The third kappa shape index (κ3) is 3.50. The van der Waals surface area contributed by atoms with Gasteiger partial charge in [-0.25, -0.2) is 0 Å². The average Bonchev–Trinajstić information content (AvgIpc) is 2.61. The molecular weight excluding hydrogens is 288 g/mol. The van der Waals surface area contributed by atoms with E-state index in [2.05, 4.69) is 52.6 Å². The van der Waals surface area contributed by atoms with Crippen LogP contribution < -0.4 is 5.32 Å². The van der Waals surface area contributed by atoms with Crippen LogP contribution in [0.3, 0.4) is 0 Å². The Morgan fingerprint density at radius 2 is 2.17 bits per heavy atom. The molecule has 1 aromatic heterocycles. The predicted molar refractivity (Wildman–Crippen MR) is 89.0 cm³/mol. The molecule has 1 aliphatic rings. The van der Waals surface area contributed by atoms with Crippen molar-refractivity contribution in [3.05, 3.63) is 59.9 Å². The van der Waals surface area contributed by atoms with Crippen molar-refractivity contribution in [3.8, 4) is 6.07 Å². The van der Waals surface area contributed by atoms with E-state index in [1.807, 2.05) is 12.1 Å². The SMILES string of the molecule is CN1CCO[C@@H](CNc2ccncc2C#N)[C@@H]1c1ccccc1. The van der Waals surface area contributed by atoms with Crippen LogP contribution in [0, 0.1) is 11.3 Å². The number of anilines is 1. The largest absolute Gasteiger partial charge is 0.381 e. The highest BCUT2D eigenvalue weighted by atomic mass is 16.5. The zero-order valence-electron chi connectivity index (χ0n) is 13.1. The maximum absolute atomic E-state index is 9.16. The third-order valence-corrected chi connectivity index (χ3v) is 4.18. The van der Waals surface area contributed by atoms with Crippen LogP contribution in [0.2, 0.25) is 0 Å². The molecule has 23 heavy (non-hydrogen) atoms. The van der Waals surface area contributed by atoms with Gasteiger partial charge in [0.2, 0.25) is 0 Å². The van der Waals surface area contributed by atoms with Crippen molar-refractivity contribution in [1.82, 2.24) is 9.88 Å². The Kier molecular flexibility index (Phi) is 4.86. The van der Waals surface area contributed by atoms with Gasteiger partial charge in [-0.15, -0.1) is 0 Å². The maximum atomic E-state index is 9.16. The standard InChI is InChI=1S/C18H20N4O/c1-22-9-10-23-17(18(22)14-5-3-2-4-6-14)13-21-16-7-8-20-12-15(16)11-19/h2-8,12,17-18H,9-10,13H2,1H3,(H,20,21)/t17-,18-/m0/s1. The zero-order valence-corrected chi connectivity index (χ0v) is 13.1. The van der Waals surface area contributed by atoms with Gasteiger partial charge in [-0.05, 0) is 18.7 Å². The Balaban J connectivity index is 1.76. The van der Waals surface area contributed by atoms with Gasteiger partial charge in [0.25, 0.3) is 0 Å². The zero-order chi connectivity index (χ0) is 16.1. The van der Waals surface area contributed by atoms with E-state index in [0.717, 1.165) is 12.2 Å². The van der Waals surface area contributed by atoms with Crippen molar-refractivity contribution in [2.45, 2.75) is 12.1 Å². The number of nitrogens with zero attached hydrogens (tertiary/aromatic N) is 3. The molecule has 118 valence electrons. The number of aromatic nitrogens is 1. The Morgan fingerprint density at radius 3 is 2.96 bits per heavy atom. The number of pyridine rings is 1. The van der Waals surface area contributed by atoms with E-state index in [-0.39, 0.29) is 12.1 Å². The van der Waals surface area contributed by atoms with Crippen LogP contribution in [-0.4, -0.2) is 42.7 Å². The second kappa shape index (κ2) is 7.23. The summed E-state index contributed by atoms with van der Waals surface area (Å²) in [7, 11) is 2.13. The molecule has 1 fully saturated rings. The van der Waals surface area contributed by atoms with Gasteiger partial charge in [-0.2, -0.15) is 5.26 Å². The lowest BCUT2D eigenvalue weighted by Crippen LogP contribution is -2.46. The monoisotopic (exact) mass is 308 g/mol. The summed E-state index contributed by atoms with van der Waals surface area (Å²) in [4.78, 5) is 6.31. The molecule has 2 heterocycles. The fraction of sp³-hybridized carbons (Fsp3) is 0.333. The van der Waals surface area contributed by atoms with Crippen molar-refractivity contribution in [1.29, 1.82) is 5.26 Å². The van der Waals surface area contributed by atoms with Gasteiger partial charge < -0.3 is 10.1 Å². The molecule has 1 aromatic carbocycles. The lowest BCUT2D eigenvalue weighted by molar-refractivity contribution is -0.0556. The molecule has 0 bridgehead atoms. The summed E-state index contributed by atoms with van der Waals surface area (Å²) in [5.74, 6) is 0. The smallest absolute Gasteiger partial charge is 0.103 e. The first-order chi connectivity index (χ1) is 11.3. The fourth-order valence-electron chi connectivity index (χ4n) is 3.00. The molecule has 1 N–H and O–H groups in total. The first-order valence-corrected chi connectivity index (χ1v) is 7.74. The number of hydrogen-bond acceptors (Lipinski definition) is 5. The van der Waals surface area contributed by atoms with E-state index < -0.39 is 0 Å². The minimum Gasteiger partial charge on any atom is -0.381 e. The van der Waals surface area contributed by atoms with E-state index >= 15 is 0 Å². The summed E-state index contributed by atoms with van der Waals surface area (Å²) in [6.07, 6.45) is 3.28. The fourth-order valence-corrected chi connectivity index (χ4v) is 3.00. The maximum Gasteiger partial charge on any atom is 0.103 e. The van der Waals surface area contributed by atoms with Crippen LogP contribution in [0.25, 0.3) is 0 Å². The van der Waals surface area contributed by atoms with Crippen LogP contribution in [0.5, 0.6) is 0 Å². The molecule has 0 radical (unpaired) electrons. The number of nitriles is 1. The number of hydrogen-bond donors (Lipinski definition) is 1. The first kappa shape index (κ1) is 15.5. The molecule has 2 atom stereocenters. The number of likely N-dealkylation sites (N-methyl/N-ethyl adjacent to an activating group) is 1. The van der Waals surface area contributed by atoms with Crippen molar-refractivity contribution in [2.24, 2.45) is 0 Å². The van der Waals surface area contributed by atoms with Gasteiger partial charge in [-0.1, -0.05) is 30.3 Å². The van der Waals surface area contributed by atoms with E-state index in [1.165, 1.54) is 5.56 Å². The lowest BCUT2D eigenvalue weighted by atomic mass is 9.98. The molecule has 5 heteroatoms. The average molecular weight is 308 g/mol. The van der Waals surface area contributed by atoms with Gasteiger partial charge >= 0.3 is 0 Å². The minimum absolute atomic E-state index is 0.0239. The van der Waals surface area contributed by atoms with Gasteiger partial charge in [0.1, 0.15) is 6.07 Å². The first-order valence-electron chi connectivity index (χ1n) is 7.74. The predicted octanol–water partition coefficient (Wildman–Crippen LogP) is 2.44. The topological polar surface area (TPSA) is 61.2 Å². The van der Waals surface area contributed by atoms with E-state index in [0.29, 0.717) is 18.7 Å². The molecule has 2 aromatic rings. The Bertz CT molecular complexity index is 683. The molecule has 0 aliphatic carbocycles. The van der Waals surface area contributed by atoms with Crippen LogP contribution in [-0.2, 0) is 4.74 Å². The summed E-state index contributed by atoms with van der Waals surface area (Å²) in [5, 5.41) is 12.5. The van der Waals surface area contributed by atoms with Crippen LogP contribution in [0.4, 0.5) is 5.69 Å². The van der Waals surface area contributed by atoms with Gasteiger partial charge in [0, 0.05) is 25.5 Å². The van der Waals surface area contributed by atoms with Crippen LogP contribution >= 0.6 is 0 Å². The highest BCUT2D eigenvalue weighted by Gasteiger charge is 2.31. The molecule has 5 nitrogen and oxygen atoms in total. The lowest BCUT2D eigenvalue weighted by Gasteiger charge is -2.39. The summed E-state index contributed by atoms with van der Waals surface area (Å²) in [6, 6.07) is 14.6. The van der Waals surface area contributed by atoms with Gasteiger partial charge in [-0.3, -0.25) is 9.88 Å². The number of rotatable bonds is 4. The highest BCUT2D eigenvalue weighted by Crippen LogP contribution is 2.28. The summed E-state index contributed by atoms with van der Waals surface area (Å²) >= 11 is 0. The highest BCUT2D eigenvalue weighted by molar-refractivity contribution is 5.55. The van der Waals surface area contributed by atoms with E-state index in [1.54, 1.807) is 12.4 Å². The van der Waals surface area contributed by atoms with Crippen molar-refractivity contribution >= 4 is 5.69 Å².